The molecule has 1 aliphatic rings. The fraction of sp³-hybridized carbons (Fsp3) is 1.00. The summed E-state index contributed by atoms with van der Waals surface area (Å²) in [5.74, 6) is 0.752. The molecular weight excluding hydrogens is 152 g/mol. The maximum absolute atomic E-state index is 9.26. The summed E-state index contributed by atoms with van der Waals surface area (Å²) in [4.78, 5) is 0. The Kier molecular flexibility index (Phi) is 10.8. The molecule has 0 aromatic rings. The number of hydrogen-bond acceptors (Lipinski definition) is 1. The molecule has 0 aromatic heterocycles. The van der Waals surface area contributed by atoms with Gasteiger partial charge >= 0.3 is 0 Å². The minimum Gasteiger partial charge on any atom is -0.412 e. The van der Waals surface area contributed by atoms with E-state index in [0.29, 0.717) is 0 Å². The van der Waals surface area contributed by atoms with Crippen molar-refractivity contribution in [2.24, 2.45) is 5.92 Å². The lowest BCUT2D eigenvalue weighted by molar-refractivity contribution is 0.144. The molecule has 76 valence electrons. The van der Waals surface area contributed by atoms with Crippen LogP contribution in [-0.4, -0.2) is 16.7 Å². The van der Waals surface area contributed by atoms with Crippen LogP contribution in [0.25, 0.3) is 0 Å². The highest BCUT2D eigenvalue weighted by Gasteiger charge is 2.13. The molecule has 1 saturated carbocycles. The van der Waals surface area contributed by atoms with Crippen LogP contribution in [0.3, 0.4) is 0 Å². The maximum Gasteiger partial charge on any atom is 0.0542 e. The van der Waals surface area contributed by atoms with Crippen LogP contribution in [0, 0.1) is 5.92 Å². The minimum atomic E-state index is 0. The molecule has 1 rings (SSSR count). The van der Waals surface area contributed by atoms with Gasteiger partial charge in [0.25, 0.3) is 0 Å². The van der Waals surface area contributed by atoms with Crippen molar-refractivity contribution in [2.75, 3.05) is 0 Å². The zero-order valence-corrected chi connectivity index (χ0v) is 8.64. The molecule has 0 amide bonds. The average molecular weight is 176 g/mol. The summed E-state index contributed by atoms with van der Waals surface area (Å²) in [5.41, 5.74) is 0. The van der Waals surface area contributed by atoms with Gasteiger partial charge in [0, 0.05) is 0 Å². The summed E-state index contributed by atoms with van der Waals surface area (Å²) < 4.78 is 0. The Balaban J connectivity index is 0. The van der Waals surface area contributed by atoms with Crippen LogP contribution in [0.5, 0.6) is 0 Å². The van der Waals surface area contributed by atoms with E-state index in [1.54, 1.807) is 0 Å². The Morgan fingerprint density at radius 3 is 2.17 bits per heavy atom. The van der Waals surface area contributed by atoms with Crippen molar-refractivity contribution in [2.45, 2.75) is 59.0 Å². The minimum absolute atomic E-state index is 0. The highest BCUT2D eigenvalue weighted by atomic mass is 16.3. The predicted molar refractivity (Wildman–Crippen MR) is 53.2 cm³/mol. The van der Waals surface area contributed by atoms with E-state index < -0.39 is 0 Å². The van der Waals surface area contributed by atoms with Crippen LogP contribution >= 0.6 is 0 Å². The lowest BCUT2D eigenvalue weighted by atomic mass is 10.0. The molecule has 0 heterocycles. The third-order valence-corrected chi connectivity index (χ3v) is 2.16. The van der Waals surface area contributed by atoms with Gasteiger partial charge in [0.05, 0.1) is 6.10 Å². The van der Waals surface area contributed by atoms with E-state index in [-0.39, 0.29) is 11.6 Å². The van der Waals surface area contributed by atoms with Gasteiger partial charge in [0.2, 0.25) is 0 Å². The molecule has 0 aliphatic heterocycles. The Morgan fingerprint density at radius 2 is 1.58 bits per heavy atom. The van der Waals surface area contributed by atoms with Crippen molar-refractivity contribution in [3.05, 3.63) is 0 Å². The molecule has 2 heteroatoms. The monoisotopic (exact) mass is 176 g/mol. The van der Waals surface area contributed by atoms with Crippen molar-refractivity contribution >= 4 is 0 Å². The topological polar surface area (TPSA) is 51.7 Å². The maximum atomic E-state index is 9.26. The fourth-order valence-electron chi connectivity index (χ4n) is 1.57. The van der Waals surface area contributed by atoms with Crippen LogP contribution in [-0.2, 0) is 0 Å². The van der Waals surface area contributed by atoms with Crippen LogP contribution < -0.4 is 0 Å². The van der Waals surface area contributed by atoms with Crippen molar-refractivity contribution in [3.8, 4) is 0 Å². The van der Waals surface area contributed by atoms with E-state index in [4.69, 9.17) is 0 Å². The quantitative estimate of drug-likeness (QED) is 0.565. The molecule has 3 N–H and O–H groups in total. The van der Waals surface area contributed by atoms with Crippen molar-refractivity contribution in [1.82, 2.24) is 0 Å². The largest absolute Gasteiger partial charge is 0.412 e. The van der Waals surface area contributed by atoms with Crippen molar-refractivity contribution < 1.29 is 10.6 Å². The molecule has 1 aliphatic carbocycles. The lowest BCUT2D eigenvalue weighted by Crippen LogP contribution is -2.07. The standard InChI is InChI=1S/C8H16O.C2H6.H2O/c1-7-4-2-3-5-8(9)6-7;1-2;/h7-9H,2-6H2,1H3;1-2H3;1H2/t7-,8?;;/m1../s1. The van der Waals surface area contributed by atoms with Crippen LogP contribution in [0.1, 0.15) is 52.9 Å². The molecular formula is C10H24O2. The van der Waals surface area contributed by atoms with Crippen LogP contribution in [0.4, 0.5) is 0 Å². The van der Waals surface area contributed by atoms with Gasteiger partial charge in [0.1, 0.15) is 0 Å². The number of rotatable bonds is 0. The van der Waals surface area contributed by atoms with E-state index in [1.165, 1.54) is 19.3 Å². The Morgan fingerprint density at radius 1 is 1.08 bits per heavy atom. The van der Waals surface area contributed by atoms with Crippen molar-refractivity contribution in [3.63, 3.8) is 0 Å². The molecule has 2 atom stereocenters. The highest BCUT2D eigenvalue weighted by Crippen LogP contribution is 2.22. The second-order valence-electron chi connectivity index (χ2n) is 3.28. The zero-order valence-electron chi connectivity index (χ0n) is 8.64. The van der Waals surface area contributed by atoms with E-state index >= 15 is 0 Å². The molecule has 1 unspecified atom stereocenters. The van der Waals surface area contributed by atoms with Crippen LogP contribution in [0.15, 0.2) is 0 Å². The predicted octanol–water partition coefficient (Wildman–Crippen LogP) is 2.15. The average Bonchev–Trinajstić information content (AvgIpc) is 2.18. The highest BCUT2D eigenvalue weighted by molar-refractivity contribution is 4.66. The van der Waals surface area contributed by atoms with Gasteiger partial charge < -0.3 is 10.6 Å². The summed E-state index contributed by atoms with van der Waals surface area (Å²) >= 11 is 0. The van der Waals surface area contributed by atoms with E-state index in [9.17, 15) is 5.11 Å². The third-order valence-electron chi connectivity index (χ3n) is 2.16. The Bertz CT molecular complexity index is 73.9. The first-order valence-corrected chi connectivity index (χ1v) is 4.97. The SMILES string of the molecule is CC.C[C@@H]1CCCCC(O)C1.O. The smallest absolute Gasteiger partial charge is 0.0542 e. The van der Waals surface area contributed by atoms with Gasteiger partial charge in [-0.15, -0.1) is 0 Å². The first-order chi connectivity index (χ1) is 5.29. The number of aliphatic hydroxyl groups excluding tert-OH is 1. The zero-order chi connectivity index (χ0) is 8.69. The third kappa shape index (κ3) is 6.62. The lowest BCUT2D eigenvalue weighted by Gasteiger charge is -2.09. The van der Waals surface area contributed by atoms with E-state index in [1.807, 2.05) is 13.8 Å². The summed E-state index contributed by atoms with van der Waals surface area (Å²) in [6.07, 6.45) is 5.92. The summed E-state index contributed by atoms with van der Waals surface area (Å²) in [7, 11) is 0. The van der Waals surface area contributed by atoms with E-state index in [2.05, 4.69) is 6.92 Å². The van der Waals surface area contributed by atoms with Gasteiger partial charge in [-0.25, -0.2) is 0 Å². The van der Waals surface area contributed by atoms with Gasteiger partial charge in [-0.3, -0.25) is 0 Å². The molecule has 12 heavy (non-hydrogen) atoms. The molecule has 0 radical (unpaired) electrons. The Hall–Kier alpha value is -0.0800. The fourth-order valence-corrected chi connectivity index (χ4v) is 1.57. The molecule has 2 nitrogen and oxygen atoms in total. The first kappa shape index (κ1) is 14.4. The summed E-state index contributed by atoms with van der Waals surface area (Å²) in [5, 5.41) is 9.26. The van der Waals surface area contributed by atoms with Gasteiger partial charge in [-0.05, 0) is 18.8 Å². The Labute approximate surface area is 76.3 Å². The van der Waals surface area contributed by atoms with Crippen molar-refractivity contribution in [1.29, 1.82) is 0 Å². The normalized spacial score (nSPS) is 29.0. The first-order valence-electron chi connectivity index (χ1n) is 4.97. The number of hydrogen-bond donors (Lipinski definition) is 1. The molecule has 0 bridgehead atoms. The number of aliphatic hydroxyl groups is 1. The van der Waals surface area contributed by atoms with Crippen LogP contribution in [0.2, 0.25) is 0 Å². The van der Waals surface area contributed by atoms with Gasteiger partial charge in [0.15, 0.2) is 0 Å². The summed E-state index contributed by atoms with van der Waals surface area (Å²) in [6, 6.07) is 0. The second-order valence-corrected chi connectivity index (χ2v) is 3.28. The van der Waals surface area contributed by atoms with E-state index in [0.717, 1.165) is 18.8 Å². The molecule has 0 saturated heterocycles. The molecule has 0 aromatic carbocycles. The molecule has 1 fully saturated rings. The molecule has 0 spiro atoms. The summed E-state index contributed by atoms with van der Waals surface area (Å²) in [6.45, 7) is 6.23. The second kappa shape index (κ2) is 9.01. The van der Waals surface area contributed by atoms with Gasteiger partial charge in [-0.1, -0.05) is 40.0 Å². The van der Waals surface area contributed by atoms with Gasteiger partial charge in [-0.2, -0.15) is 0 Å².